The Hall–Kier alpha value is -2.64. The first-order chi connectivity index (χ1) is 18.6. The highest BCUT2D eigenvalue weighted by Crippen LogP contribution is 2.52. The Labute approximate surface area is 233 Å². The molecule has 0 bridgehead atoms. The van der Waals surface area contributed by atoms with Crippen LogP contribution in [0.2, 0.25) is 0 Å². The van der Waals surface area contributed by atoms with E-state index < -0.39 is 6.10 Å². The van der Waals surface area contributed by atoms with E-state index in [9.17, 15) is 9.90 Å². The van der Waals surface area contributed by atoms with Gasteiger partial charge in [0.15, 0.2) is 11.6 Å². The smallest absolute Gasteiger partial charge is 0.217 e. The zero-order chi connectivity index (χ0) is 27.6. The minimum absolute atomic E-state index is 0.0569. The van der Waals surface area contributed by atoms with Crippen molar-refractivity contribution >= 4 is 11.7 Å². The van der Waals surface area contributed by atoms with E-state index in [0.717, 1.165) is 67.2 Å². The van der Waals surface area contributed by atoms with Gasteiger partial charge < -0.3 is 25.4 Å². The third-order valence-corrected chi connectivity index (χ3v) is 8.41. The molecule has 39 heavy (non-hydrogen) atoms. The number of aromatic nitrogens is 1. The number of hydrogen-bond donors (Lipinski definition) is 3. The lowest BCUT2D eigenvalue weighted by Crippen LogP contribution is -2.52. The highest BCUT2D eigenvalue weighted by Gasteiger charge is 2.47. The van der Waals surface area contributed by atoms with E-state index in [1.165, 1.54) is 26.2 Å². The van der Waals surface area contributed by atoms with Crippen molar-refractivity contribution in [2.75, 3.05) is 24.5 Å². The van der Waals surface area contributed by atoms with Crippen LogP contribution in [0.1, 0.15) is 89.1 Å². The Morgan fingerprint density at radius 2 is 1.90 bits per heavy atom. The molecule has 2 aliphatic heterocycles. The summed E-state index contributed by atoms with van der Waals surface area (Å²) in [6.07, 6.45) is 7.29. The number of aliphatic hydroxyl groups excluding tert-OH is 1. The minimum Gasteiger partial charge on any atom is -0.483 e. The van der Waals surface area contributed by atoms with Gasteiger partial charge in [-0.1, -0.05) is 51.1 Å². The van der Waals surface area contributed by atoms with Crippen LogP contribution in [0.5, 0.6) is 5.75 Å². The van der Waals surface area contributed by atoms with Crippen LogP contribution in [0.25, 0.3) is 0 Å². The Bertz CT molecular complexity index is 1140. The molecule has 1 amide bonds. The first-order valence-corrected chi connectivity index (χ1v) is 14.8. The molecule has 212 valence electrons. The van der Waals surface area contributed by atoms with E-state index in [-0.39, 0.29) is 29.0 Å². The van der Waals surface area contributed by atoms with E-state index in [0.29, 0.717) is 13.0 Å². The molecule has 3 aliphatic rings. The lowest BCUT2D eigenvalue weighted by Gasteiger charge is -2.49. The summed E-state index contributed by atoms with van der Waals surface area (Å²) in [5, 5.41) is 18.0. The fraction of sp³-hybridized carbons (Fsp3) is 0.625. The molecule has 1 aromatic heterocycles. The molecule has 5 rings (SSSR count). The number of aliphatic hydroxyl groups is 1. The largest absolute Gasteiger partial charge is 0.483 e. The quantitative estimate of drug-likeness (QED) is 0.432. The van der Waals surface area contributed by atoms with Crippen molar-refractivity contribution in [3.8, 4) is 5.75 Å². The molecule has 1 saturated carbocycles. The first kappa shape index (κ1) is 27.9. The van der Waals surface area contributed by atoms with Crippen LogP contribution in [0.4, 0.5) is 5.82 Å². The lowest BCUT2D eigenvalue weighted by molar-refractivity contribution is -0.120. The molecular weight excluding hydrogens is 488 g/mol. The molecule has 1 aromatic carbocycles. The number of carbonyl (C=O) groups excluding carboxylic acids is 1. The van der Waals surface area contributed by atoms with Gasteiger partial charge in [-0.3, -0.25) is 4.79 Å². The molecule has 1 spiro atoms. The number of carbonyl (C=O) groups is 1. The van der Waals surface area contributed by atoms with Crippen molar-refractivity contribution in [1.29, 1.82) is 0 Å². The van der Waals surface area contributed by atoms with Gasteiger partial charge in [0.05, 0.1) is 12.1 Å². The van der Waals surface area contributed by atoms with Gasteiger partial charge >= 0.3 is 0 Å². The third kappa shape index (κ3) is 6.75. The number of hydrogen-bond acceptors (Lipinski definition) is 6. The van der Waals surface area contributed by atoms with Crippen molar-refractivity contribution in [3.05, 3.63) is 53.2 Å². The van der Waals surface area contributed by atoms with Gasteiger partial charge in [-0.05, 0) is 62.0 Å². The summed E-state index contributed by atoms with van der Waals surface area (Å²) in [5.74, 6) is 1.81. The number of ether oxygens (including phenoxy) is 1. The van der Waals surface area contributed by atoms with Crippen LogP contribution >= 0.6 is 0 Å². The summed E-state index contributed by atoms with van der Waals surface area (Å²) >= 11 is 0. The van der Waals surface area contributed by atoms with Gasteiger partial charge in [0.25, 0.3) is 0 Å². The molecule has 0 radical (unpaired) electrons. The maximum absolute atomic E-state index is 12.0. The van der Waals surface area contributed by atoms with E-state index in [1.54, 1.807) is 0 Å². The van der Waals surface area contributed by atoms with Crippen molar-refractivity contribution in [1.82, 2.24) is 15.6 Å². The average molecular weight is 535 g/mol. The summed E-state index contributed by atoms with van der Waals surface area (Å²) in [6.45, 7) is 10.7. The SMILES string of the molecule is CC(=O)N[C@@H](Cc1ccccc1)[C@H](O)CN[C@H]1CC2(CCC2)Oc2c1cc(CC(C)(C)C)nc2N1CCCC1. The summed E-state index contributed by atoms with van der Waals surface area (Å²) in [5.41, 5.74) is 3.32. The summed E-state index contributed by atoms with van der Waals surface area (Å²) in [7, 11) is 0. The Morgan fingerprint density at radius 1 is 1.18 bits per heavy atom. The van der Waals surface area contributed by atoms with Crippen LogP contribution in [0, 0.1) is 5.41 Å². The first-order valence-electron chi connectivity index (χ1n) is 14.8. The number of pyridine rings is 1. The third-order valence-electron chi connectivity index (χ3n) is 8.41. The summed E-state index contributed by atoms with van der Waals surface area (Å²) < 4.78 is 6.84. The number of fused-ring (bicyclic) bond motifs is 1. The predicted molar refractivity (Wildman–Crippen MR) is 155 cm³/mol. The molecule has 0 unspecified atom stereocenters. The van der Waals surface area contributed by atoms with Gasteiger partial charge in [-0.15, -0.1) is 0 Å². The maximum Gasteiger partial charge on any atom is 0.217 e. The van der Waals surface area contributed by atoms with Gasteiger partial charge in [0.1, 0.15) is 5.60 Å². The molecular formula is C32H46N4O3. The molecule has 1 aliphatic carbocycles. The summed E-state index contributed by atoms with van der Waals surface area (Å²) in [4.78, 5) is 19.6. The molecule has 7 nitrogen and oxygen atoms in total. The molecule has 2 fully saturated rings. The average Bonchev–Trinajstić information content (AvgIpc) is 3.39. The maximum atomic E-state index is 12.0. The topological polar surface area (TPSA) is 86.7 Å². The Balaban J connectivity index is 1.42. The Kier molecular flexibility index (Phi) is 8.20. The van der Waals surface area contributed by atoms with Gasteiger partial charge in [0, 0.05) is 50.3 Å². The fourth-order valence-electron chi connectivity index (χ4n) is 6.35. The minimum atomic E-state index is -0.730. The Morgan fingerprint density at radius 3 is 2.51 bits per heavy atom. The van der Waals surface area contributed by atoms with Crippen LogP contribution < -0.4 is 20.3 Å². The second-order valence-electron chi connectivity index (χ2n) is 13.2. The molecule has 2 aromatic rings. The summed E-state index contributed by atoms with van der Waals surface area (Å²) in [6, 6.07) is 12.0. The molecule has 3 N–H and O–H groups in total. The van der Waals surface area contributed by atoms with Crippen molar-refractivity contribution < 1.29 is 14.6 Å². The highest BCUT2D eigenvalue weighted by atomic mass is 16.5. The lowest BCUT2D eigenvalue weighted by atomic mass is 9.72. The second kappa shape index (κ2) is 11.5. The van der Waals surface area contributed by atoms with Crippen LogP contribution in [-0.2, 0) is 17.6 Å². The van der Waals surface area contributed by atoms with E-state index >= 15 is 0 Å². The fourth-order valence-corrected chi connectivity index (χ4v) is 6.35. The van der Waals surface area contributed by atoms with Gasteiger partial charge in [0.2, 0.25) is 5.91 Å². The molecule has 7 heteroatoms. The van der Waals surface area contributed by atoms with Gasteiger partial charge in [-0.2, -0.15) is 0 Å². The number of nitrogens with zero attached hydrogens (tertiary/aromatic N) is 2. The van der Waals surface area contributed by atoms with Crippen molar-refractivity contribution in [3.63, 3.8) is 0 Å². The van der Waals surface area contributed by atoms with Crippen molar-refractivity contribution in [2.45, 2.75) is 103 Å². The van der Waals surface area contributed by atoms with Crippen molar-refractivity contribution in [2.24, 2.45) is 5.41 Å². The van der Waals surface area contributed by atoms with Crippen LogP contribution in [-0.4, -0.2) is 53.4 Å². The number of benzene rings is 1. The normalized spacial score (nSPS) is 21.6. The van der Waals surface area contributed by atoms with E-state index in [1.807, 2.05) is 30.3 Å². The monoisotopic (exact) mass is 534 g/mol. The van der Waals surface area contributed by atoms with Crippen LogP contribution in [0.15, 0.2) is 36.4 Å². The number of anilines is 1. The highest BCUT2D eigenvalue weighted by molar-refractivity contribution is 5.73. The number of nitrogens with one attached hydrogen (secondary N) is 2. The van der Waals surface area contributed by atoms with E-state index in [4.69, 9.17) is 9.72 Å². The standard InChI is InChI=1S/C32H46N4O3/c1-22(37)34-26(17-23-11-6-5-7-12-23)28(38)21-33-27-20-32(13-10-14-32)39-29-25(27)18-24(19-31(2,3)4)35-30(29)36-15-8-9-16-36/h5-7,11-12,18,26-28,33,38H,8-10,13-17,19-21H2,1-4H3,(H,34,37)/t26-,27-,28+/m0/s1. The number of amides is 1. The van der Waals surface area contributed by atoms with E-state index in [2.05, 4.69) is 42.4 Å². The number of rotatable bonds is 9. The van der Waals surface area contributed by atoms with Crippen LogP contribution in [0.3, 0.4) is 0 Å². The molecule has 3 heterocycles. The van der Waals surface area contributed by atoms with Gasteiger partial charge in [-0.25, -0.2) is 4.98 Å². The molecule has 1 saturated heterocycles. The predicted octanol–water partition coefficient (Wildman–Crippen LogP) is 4.71. The zero-order valence-electron chi connectivity index (χ0n) is 24.1. The second-order valence-corrected chi connectivity index (χ2v) is 13.2. The molecule has 3 atom stereocenters. The zero-order valence-corrected chi connectivity index (χ0v) is 24.1.